The van der Waals surface area contributed by atoms with Gasteiger partial charge in [-0.25, -0.2) is 4.98 Å². The van der Waals surface area contributed by atoms with Crippen molar-refractivity contribution in [2.24, 2.45) is 0 Å². The summed E-state index contributed by atoms with van der Waals surface area (Å²) in [5.74, 6) is 1.15. The van der Waals surface area contributed by atoms with E-state index in [-0.39, 0.29) is 16.7 Å². The minimum absolute atomic E-state index is 0.0564. The van der Waals surface area contributed by atoms with E-state index in [1.54, 1.807) is 7.05 Å². The molecule has 0 aromatic carbocycles. The molecule has 0 spiro atoms. The lowest BCUT2D eigenvalue weighted by atomic mass is 10.1. The van der Waals surface area contributed by atoms with Crippen molar-refractivity contribution >= 4 is 17.3 Å². The number of hydrogen-bond acceptors (Lipinski definition) is 6. The van der Waals surface area contributed by atoms with Gasteiger partial charge in [-0.1, -0.05) is 6.92 Å². The van der Waals surface area contributed by atoms with Crippen LogP contribution in [0.3, 0.4) is 0 Å². The van der Waals surface area contributed by atoms with E-state index in [1.807, 2.05) is 0 Å². The van der Waals surface area contributed by atoms with Crippen LogP contribution in [-0.4, -0.2) is 42.8 Å². The van der Waals surface area contributed by atoms with Crippen molar-refractivity contribution in [1.82, 2.24) is 4.98 Å². The summed E-state index contributed by atoms with van der Waals surface area (Å²) in [5.41, 5.74) is 0.0564. The predicted octanol–water partition coefficient (Wildman–Crippen LogP) is 2.43. The highest BCUT2D eigenvalue weighted by Gasteiger charge is 2.23. The maximum atomic E-state index is 11.0. The van der Waals surface area contributed by atoms with Crippen LogP contribution < -0.4 is 10.2 Å². The SMILES string of the molecule is CCCOC1CCCN(c2cc([N+](=O)[O-])cc(NC)n2)C1. The molecule has 1 N–H and O–H groups in total. The van der Waals surface area contributed by atoms with Gasteiger partial charge in [0.05, 0.1) is 23.2 Å². The molecule has 0 bridgehead atoms. The molecule has 1 unspecified atom stereocenters. The molecule has 1 aromatic heterocycles. The second kappa shape index (κ2) is 7.21. The molecule has 2 rings (SSSR count). The Morgan fingerprint density at radius 1 is 1.57 bits per heavy atom. The third-order valence-electron chi connectivity index (χ3n) is 3.52. The number of ether oxygens (including phenoxy) is 1. The van der Waals surface area contributed by atoms with Crippen molar-refractivity contribution in [3.8, 4) is 0 Å². The minimum atomic E-state index is -0.388. The van der Waals surface area contributed by atoms with E-state index in [0.717, 1.165) is 39.0 Å². The molecule has 1 saturated heterocycles. The van der Waals surface area contributed by atoms with Gasteiger partial charge >= 0.3 is 0 Å². The largest absolute Gasteiger partial charge is 0.376 e. The lowest BCUT2D eigenvalue weighted by Crippen LogP contribution is -2.40. The zero-order valence-corrected chi connectivity index (χ0v) is 12.5. The first-order chi connectivity index (χ1) is 10.1. The number of piperidine rings is 1. The summed E-state index contributed by atoms with van der Waals surface area (Å²) >= 11 is 0. The summed E-state index contributed by atoms with van der Waals surface area (Å²) < 4.78 is 5.80. The fourth-order valence-electron chi connectivity index (χ4n) is 2.46. The Kier molecular flexibility index (Phi) is 5.32. The number of nitro groups is 1. The van der Waals surface area contributed by atoms with E-state index in [9.17, 15) is 10.1 Å². The van der Waals surface area contributed by atoms with Crippen LogP contribution in [0.25, 0.3) is 0 Å². The van der Waals surface area contributed by atoms with E-state index in [2.05, 4.69) is 22.1 Å². The summed E-state index contributed by atoms with van der Waals surface area (Å²) in [7, 11) is 1.71. The van der Waals surface area contributed by atoms with Crippen LogP contribution >= 0.6 is 0 Å². The Morgan fingerprint density at radius 2 is 2.38 bits per heavy atom. The Bertz CT molecular complexity index is 495. The van der Waals surface area contributed by atoms with E-state index in [4.69, 9.17) is 4.74 Å². The molecular formula is C14H22N4O3. The Balaban J connectivity index is 2.16. The average molecular weight is 294 g/mol. The Hall–Kier alpha value is -1.89. The Morgan fingerprint density at radius 3 is 3.05 bits per heavy atom. The molecule has 0 radical (unpaired) electrons. The summed E-state index contributed by atoms with van der Waals surface area (Å²) in [4.78, 5) is 17.1. The van der Waals surface area contributed by atoms with Crippen molar-refractivity contribution in [2.75, 3.05) is 37.0 Å². The van der Waals surface area contributed by atoms with Gasteiger partial charge in [-0.3, -0.25) is 10.1 Å². The van der Waals surface area contributed by atoms with Crippen LogP contribution in [0.2, 0.25) is 0 Å². The highest BCUT2D eigenvalue weighted by atomic mass is 16.6. The van der Waals surface area contributed by atoms with E-state index >= 15 is 0 Å². The van der Waals surface area contributed by atoms with Gasteiger partial charge in [-0.05, 0) is 19.3 Å². The van der Waals surface area contributed by atoms with E-state index < -0.39 is 0 Å². The lowest BCUT2D eigenvalue weighted by Gasteiger charge is -2.33. The first-order valence-electron chi connectivity index (χ1n) is 7.34. The van der Waals surface area contributed by atoms with Crippen molar-refractivity contribution in [1.29, 1.82) is 0 Å². The third kappa shape index (κ3) is 4.04. The standard InChI is InChI=1S/C14H22N4O3/c1-3-7-21-12-5-4-6-17(10-12)14-9-11(18(19)20)8-13(15-2)16-14/h8-9,12H,3-7,10H2,1-2H3,(H,15,16). The van der Waals surface area contributed by atoms with Crippen LogP contribution in [0.15, 0.2) is 12.1 Å². The van der Waals surface area contributed by atoms with Gasteiger partial charge in [0.1, 0.15) is 11.6 Å². The predicted molar refractivity (Wildman–Crippen MR) is 81.9 cm³/mol. The number of aromatic nitrogens is 1. The molecule has 0 saturated carbocycles. The molecule has 7 nitrogen and oxygen atoms in total. The second-order valence-electron chi connectivity index (χ2n) is 5.16. The molecule has 1 atom stereocenters. The zero-order valence-electron chi connectivity index (χ0n) is 12.5. The van der Waals surface area contributed by atoms with Crippen molar-refractivity contribution in [2.45, 2.75) is 32.3 Å². The molecule has 116 valence electrons. The molecule has 21 heavy (non-hydrogen) atoms. The molecule has 1 aliphatic rings. The topological polar surface area (TPSA) is 80.5 Å². The van der Waals surface area contributed by atoms with Gasteiger partial charge in [-0.2, -0.15) is 0 Å². The van der Waals surface area contributed by atoms with E-state index in [1.165, 1.54) is 12.1 Å². The Labute approximate surface area is 124 Å². The van der Waals surface area contributed by atoms with Gasteiger partial charge in [-0.15, -0.1) is 0 Å². The number of hydrogen-bond donors (Lipinski definition) is 1. The second-order valence-corrected chi connectivity index (χ2v) is 5.16. The number of rotatable bonds is 6. The van der Waals surface area contributed by atoms with Crippen LogP contribution in [0.1, 0.15) is 26.2 Å². The maximum Gasteiger partial charge on any atom is 0.276 e. The van der Waals surface area contributed by atoms with Gasteiger partial charge in [0.15, 0.2) is 0 Å². The molecule has 7 heteroatoms. The van der Waals surface area contributed by atoms with Gasteiger partial charge < -0.3 is 15.0 Å². The number of anilines is 2. The normalized spacial score (nSPS) is 18.6. The molecule has 0 aliphatic carbocycles. The summed E-state index contributed by atoms with van der Waals surface area (Å²) in [6.07, 6.45) is 3.21. The number of nitrogens with one attached hydrogen (secondary N) is 1. The quantitative estimate of drug-likeness (QED) is 0.641. The van der Waals surface area contributed by atoms with Gasteiger partial charge in [0.2, 0.25) is 0 Å². The summed E-state index contributed by atoms with van der Waals surface area (Å²) in [5, 5.41) is 13.9. The first kappa shape index (κ1) is 15.5. The summed E-state index contributed by atoms with van der Waals surface area (Å²) in [6.45, 7) is 4.42. The molecule has 1 aromatic rings. The molecular weight excluding hydrogens is 272 g/mol. The first-order valence-corrected chi connectivity index (χ1v) is 7.34. The van der Waals surface area contributed by atoms with E-state index in [0.29, 0.717) is 11.6 Å². The maximum absolute atomic E-state index is 11.0. The van der Waals surface area contributed by atoms with Crippen LogP contribution in [0.4, 0.5) is 17.3 Å². The highest BCUT2D eigenvalue weighted by molar-refractivity contribution is 5.56. The fourth-order valence-corrected chi connectivity index (χ4v) is 2.46. The number of pyridine rings is 1. The third-order valence-corrected chi connectivity index (χ3v) is 3.52. The fraction of sp³-hybridized carbons (Fsp3) is 0.643. The van der Waals surface area contributed by atoms with Crippen molar-refractivity contribution in [3.63, 3.8) is 0 Å². The molecule has 1 aliphatic heterocycles. The van der Waals surface area contributed by atoms with Gasteiger partial charge in [0, 0.05) is 26.7 Å². The lowest BCUT2D eigenvalue weighted by molar-refractivity contribution is -0.384. The molecule has 1 fully saturated rings. The summed E-state index contributed by atoms with van der Waals surface area (Å²) in [6, 6.07) is 2.97. The number of nitrogens with zero attached hydrogens (tertiary/aromatic N) is 3. The van der Waals surface area contributed by atoms with Crippen molar-refractivity contribution in [3.05, 3.63) is 22.2 Å². The van der Waals surface area contributed by atoms with Crippen LogP contribution in [0.5, 0.6) is 0 Å². The zero-order chi connectivity index (χ0) is 15.2. The minimum Gasteiger partial charge on any atom is -0.376 e. The smallest absolute Gasteiger partial charge is 0.276 e. The van der Waals surface area contributed by atoms with Crippen LogP contribution in [0, 0.1) is 10.1 Å². The molecule has 0 amide bonds. The molecule has 2 heterocycles. The van der Waals surface area contributed by atoms with Gasteiger partial charge in [0.25, 0.3) is 5.69 Å². The van der Waals surface area contributed by atoms with Crippen LogP contribution in [-0.2, 0) is 4.74 Å². The van der Waals surface area contributed by atoms with Crippen molar-refractivity contribution < 1.29 is 9.66 Å². The monoisotopic (exact) mass is 294 g/mol. The average Bonchev–Trinajstić information content (AvgIpc) is 2.52. The highest BCUT2D eigenvalue weighted by Crippen LogP contribution is 2.26.